The summed E-state index contributed by atoms with van der Waals surface area (Å²) in [5, 5.41) is 0. The fourth-order valence-electron chi connectivity index (χ4n) is 1.37. The summed E-state index contributed by atoms with van der Waals surface area (Å²) in [6.45, 7) is 2.52. The summed E-state index contributed by atoms with van der Waals surface area (Å²) >= 11 is 4.13. The van der Waals surface area contributed by atoms with E-state index in [1.54, 1.807) is 0 Å². The minimum Gasteiger partial charge on any atom is -0.282 e. The van der Waals surface area contributed by atoms with Gasteiger partial charge in [-0.2, -0.15) is 12.6 Å². The van der Waals surface area contributed by atoms with Gasteiger partial charge in [0.25, 0.3) is 0 Å². The maximum absolute atomic E-state index is 11.3. The van der Waals surface area contributed by atoms with Crippen LogP contribution in [0.4, 0.5) is 0 Å². The highest BCUT2D eigenvalue weighted by atomic mass is 32.1. The summed E-state index contributed by atoms with van der Waals surface area (Å²) in [5.74, 6) is 0.945. The van der Waals surface area contributed by atoms with Crippen LogP contribution < -0.4 is 0 Å². The molecule has 1 saturated heterocycles. The first kappa shape index (κ1) is 10.6. The van der Waals surface area contributed by atoms with Gasteiger partial charge in [0.2, 0.25) is 11.8 Å². The van der Waals surface area contributed by atoms with Crippen LogP contribution in [-0.4, -0.2) is 29.0 Å². The lowest BCUT2D eigenvalue weighted by Gasteiger charge is -2.26. The van der Waals surface area contributed by atoms with E-state index in [0.717, 1.165) is 0 Å². The molecule has 1 aliphatic rings. The zero-order chi connectivity index (χ0) is 9.84. The quantitative estimate of drug-likeness (QED) is 0.548. The van der Waals surface area contributed by atoms with Crippen LogP contribution in [0, 0.1) is 5.92 Å². The Morgan fingerprint density at radius 1 is 1.38 bits per heavy atom. The fourth-order valence-corrected chi connectivity index (χ4v) is 1.49. The van der Waals surface area contributed by atoms with Gasteiger partial charge in [0.05, 0.1) is 0 Å². The highest BCUT2D eigenvalue weighted by molar-refractivity contribution is 7.80. The molecule has 1 heterocycles. The molecule has 1 unspecified atom stereocenters. The predicted molar refractivity (Wildman–Crippen MR) is 53.6 cm³/mol. The van der Waals surface area contributed by atoms with Crippen molar-refractivity contribution >= 4 is 24.4 Å². The number of amides is 2. The molecule has 0 bridgehead atoms. The lowest BCUT2D eigenvalue weighted by Crippen LogP contribution is -2.42. The van der Waals surface area contributed by atoms with Crippen LogP contribution in [0.25, 0.3) is 0 Å². The Labute approximate surface area is 83.9 Å². The number of thiol groups is 1. The van der Waals surface area contributed by atoms with Gasteiger partial charge in [-0.05, 0) is 18.1 Å². The summed E-state index contributed by atoms with van der Waals surface area (Å²) in [4.78, 5) is 24.1. The average molecular weight is 201 g/mol. The molecule has 0 aromatic carbocycles. The molecule has 1 aliphatic heterocycles. The summed E-state index contributed by atoms with van der Waals surface area (Å²) in [5.41, 5.74) is 0. The Hall–Kier alpha value is -0.510. The maximum atomic E-state index is 11.3. The molecule has 1 rings (SSSR count). The van der Waals surface area contributed by atoms with E-state index in [2.05, 4.69) is 12.6 Å². The monoisotopic (exact) mass is 201 g/mol. The molecule has 13 heavy (non-hydrogen) atoms. The van der Waals surface area contributed by atoms with Crippen molar-refractivity contribution in [2.24, 2.45) is 5.92 Å². The molecule has 74 valence electrons. The van der Waals surface area contributed by atoms with Crippen molar-refractivity contribution < 1.29 is 9.59 Å². The molecule has 0 aromatic rings. The summed E-state index contributed by atoms with van der Waals surface area (Å²) in [6.07, 6.45) is 1.75. The first-order chi connectivity index (χ1) is 6.15. The van der Waals surface area contributed by atoms with Gasteiger partial charge in [0.15, 0.2) is 0 Å². The summed E-state index contributed by atoms with van der Waals surface area (Å²) in [6, 6.07) is 0. The maximum Gasteiger partial charge on any atom is 0.229 e. The number of likely N-dealkylation sites (tertiary alicyclic amines) is 1. The third-order valence-electron chi connectivity index (χ3n) is 2.19. The summed E-state index contributed by atoms with van der Waals surface area (Å²) in [7, 11) is 0. The zero-order valence-corrected chi connectivity index (χ0v) is 8.72. The molecule has 0 saturated carbocycles. The Balaban J connectivity index is 2.54. The number of hydrogen-bond acceptors (Lipinski definition) is 3. The lowest BCUT2D eigenvalue weighted by molar-refractivity contribution is -0.148. The van der Waals surface area contributed by atoms with Gasteiger partial charge in [0, 0.05) is 19.4 Å². The van der Waals surface area contributed by atoms with E-state index < -0.39 is 0 Å². The number of rotatable bonds is 3. The normalized spacial score (nSPS) is 20.6. The van der Waals surface area contributed by atoms with Gasteiger partial charge < -0.3 is 0 Å². The van der Waals surface area contributed by atoms with Crippen LogP contribution in [0.1, 0.15) is 26.2 Å². The second kappa shape index (κ2) is 4.65. The number of hydrogen-bond donors (Lipinski definition) is 1. The van der Waals surface area contributed by atoms with Gasteiger partial charge in [-0.25, -0.2) is 0 Å². The summed E-state index contributed by atoms with van der Waals surface area (Å²) < 4.78 is 0. The molecule has 0 N–H and O–H groups in total. The van der Waals surface area contributed by atoms with Crippen LogP contribution in [0.3, 0.4) is 0 Å². The average Bonchev–Trinajstić information content (AvgIpc) is 2.11. The molecule has 1 fully saturated rings. The third-order valence-corrected chi connectivity index (χ3v) is 2.81. The molecule has 0 spiro atoms. The Kier molecular flexibility index (Phi) is 3.78. The van der Waals surface area contributed by atoms with Gasteiger partial charge in [0.1, 0.15) is 0 Å². The Bertz CT molecular complexity index is 202. The number of nitrogens with zero attached hydrogens (tertiary/aromatic N) is 1. The van der Waals surface area contributed by atoms with Crippen molar-refractivity contribution in [2.75, 3.05) is 12.3 Å². The van der Waals surface area contributed by atoms with E-state index in [0.29, 0.717) is 31.6 Å². The first-order valence-corrected chi connectivity index (χ1v) is 5.22. The SMILES string of the molecule is CC(CS)CN1C(=O)CCCC1=O. The van der Waals surface area contributed by atoms with Crippen LogP contribution in [-0.2, 0) is 9.59 Å². The molecule has 1 atom stereocenters. The van der Waals surface area contributed by atoms with Crippen LogP contribution >= 0.6 is 12.6 Å². The minimum atomic E-state index is -0.0233. The van der Waals surface area contributed by atoms with E-state index in [-0.39, 0.29) is 17.7 Å². The van der Waals surface area contributed by atoms with Gasteiger partial charge in [-0.3, -0.25) is 14.5 Å². The minimum absolute atomic E-state index is 0.0233. The fraction of sp³-hybridized carbons (Fsp3) is 0.778. The van der Waals surface area contributed by atoms with E-state index >= 15 is 0 Å². The molecule has 3 nitrogen and oxygen atoms in total. The Morgan fingerprint density at radius 3 is 2.38 bits per heavy atom. The second-order valence-corrected chi connectivity index (χ2v) is 3.90. The van der Waals surface area contributed by atoms with E-state index in [4.69, 9.17) is 0 Å². The molecule has 0 aromatic heterocycles. The molecule has 0 radical (unpaired) electrons. The lowest BCUT2D eigenvalue weighted by atomic mass is 10.1. The molecule has 0 aliphatic carbocycles. The zero-order valence-electron chi connectivity index (χ0n) is 7.82. The van der Waals surface area contributed by atoms with Crippen molar-refractivity contribution in [1.82, 2.24) is 4.90 Å². The predicted octanol–water partition coefficient (Wildman–Crippen LogP) is 1.09. The van der Waals surface area contributed by atoms with Crippen LogP contribution in [0.2, 0.25) is 0 Å². The van der Waals surface area contributed by atoms with Gasteiger partial charge in [-0.15, -0.1) is 0 Å². The molecular weight excluding hydrogens is 186 g/mol. The molecule has 4 heteroatoms. The van der Waals surface area contributed by atoms with Crippen LogP contribution in [0.5, 0.6) is 0 Å². The number of imide groups is 1. The van der Waals surface area contributed by atoms with Crippen molar-refractivity contribution in [3.8, 4) is 0 Å². The highest BCUT2D eigenvalue weighted by Gasteiger charge is 2.26. The van der Waals surface area contributed by atoms with Crippen molar-refractivity contribution in [2.45, 2.75) is 26.2 Å². The van der Waals surface area contributed by atoms with Gasteiger partial charge in [-0.1, -0.05) is 6.92 Å². The molecule has 2 amide bonds. The third kappa shape index (κ3) is 2.72. The first-order valence-electron chi connectivity index (χ1n) is 4.59. The van der Waals surface area contributed by atoms with E-state index in [9.17, 15) is 9.59 Å². The van der Waals surface area contributed by atoms with Crippen molar-refractivity contribution in [1.29, 1.82) is 0 Å². The van der Waals surface area contributed by atoms with Crippen LogP contribution in [0.15, 0.2) is 0 Å². The number of piperidine rings is 1. The topological polar surface area (TPSA) is 37.4 Å². The Morgan fingerprint density at radius 2 is 1.92 bits per heavy atom. The van der Waals surface area contributed by atoms with Gasteiger partial charge >= 0.3 is 0 Å². The highest BCUT2D eigenvalue weighted by Crippen LogP contribution is 2.14. The number of carbonyl (C=O) groups excluding carboxylic acids is 2. The molecular formula is C9H15NO2S. The largest absolute Gasteiger partial charge is 0.282 e. The van der Waals surface area contributed by atoms with Crippen molar-refractivity contribution in [3.63, 3.8) is 0 Å². The standard InChI is InChI=1S/C9H15NO2S/c1-7(6-13)5-10-8(11)3-2-4-9(10)12/h7,13H,2-6H2,1H3. The number of carbonyl (C=O) groups is 2. The van der Waals surface area contributed by atoms with E-state index in [1.165, 1.54) is 4.90 Å². The second-order valence-electron chi connectivity index (χ2n) is 3.54. The van der Waals surface area contributed by atoms with E-state index in [1.807, 2.05) is 6.92 Å². The smallest absolute Gasteiger partial charge is 0.229 e. The van der Waals surface area contributed by atoms with Crippen molar-refractivity contribution in [3.05, 3.63) is 0 Å².